The lowest BCUT2D eigenvalue weighted by Gasteiger charge is -2.39. The van der Waals surface area contributed by atoms with E-state index in [-0.39, 0.29) is 17.8 Å². The molecule has 6 heteroatoms. The van der Waals surface area contributed by atoms with Gasteiger partial charge in [-0.3, -0.25) is 14.6 Å². The normalized spacial score (nSPS) is 19.9. The summed E-state index contributed by atoms with van der Waals surface area (Å²) in [5.74, 6) is -0.509. The third-order valence-corrected chi connectivity index (χ3v) is 7.56. The van der Waals surface area contributed by atoms with Crippen LogP contribution in [0, 0.1) is 11.3 Å². The van der Waals surface area contributed by atoms with Crippen LogP contribution >= 0.6 is 0 Å². The van der Waals surface area contributed by atoms with E-state index in [0.717, 1.165) is 22.4 Å². The Morgan fingerprint density at radius 3 is 2.20 bits per heavy atom. The number of carbonyl (C=O) groups excluding carboxylic acids is 2. The van der Waals surface area contributed by atoms with E-state index in [1.807, 2.05) is 85.8 Å². The molecule has 0 spiro atoms. The zero-order valence-corrected chi connectivity index (χ0v) is 23.5. The molecule has 1 unspecified atom stereocenters. The van der Waals surface area contributed by atoms with Crippen molar-refractivity contribution >= 4 is 17.5 Å². The molecule has 3 aromatic carbocycles. The number of methoxy groups -OCH3 is 1. The number of rotatable bonds is 8. The Balaban J connectivity index is 1.50. The van der Waals surface area contributed by atoms with E-state index in [1.165, 1.54) is 0 Å². The van der Waals surface area contributed by atoms with E-state index in [9.17, 15) is 9.59 Å². The number of aliphatic imine (C=N–C) groups is 1. The average molecular weight is 538 g/mol. The molecule has 6 nitrogen and oxygen atoms in total. The predicted molar refractivity (Wildman–Crippen MR) is 154 cm³/mol. The van der Waals surface area contributed by atoms with Crippen molar-refractivity contribution in [2.24, 2.45) is 16.3 Å². The molecular weight excluding hydrogens is 502 g/mol. The van der Waals surface area contributed by atoms with E-state index >= 15 is 0 Å². The van der Waals surface area contributed by atoms with Crippen LogP contribution in [0.5, 0.6) is 11.5 Å². The molecule has 0 saturated carbocycles. The molecule has 1 aliphatic carbocycles. The Morgan fingerprint density at radius 2 is 1.55 bits per heavy atom. The van der Waals surface area contributed by atoms with Gasteiger partial charge in [0.05, 0.1) is 7.11 Å². The van der Waals surface area contributed by atoms with E-state index in [1.54, 1.807) is 7.11 Å². The zero-order valence-electron chi connectivity index (χ0n) is 23.5. The lowest BCUT2D eigenvalue weighted by Crippen LogP contribution is -2.39. The SMILES string of the molecule is COc1cc([C@@H]2C3=C(CC(C)(C)CC3=O)N=C(C)C2C(=O)OCc2ccccc2)ccc1OCc1ccccc1. The van der Waals surface area contributed by atoms with Crippen molar-refractivity contribution < 1.29 is 23.8 Å². The summed E-state index contributed by atoms with van der Waals surface area (Å²) in [7, 11) is 1.59. The summed E-state index contributed by atoms with van der Waals surface area (Å²) in [6.45, 7) is 6.56. The first kappa shape index (κ1) is 27.4. The third-order valence-electron chi connectivity index (χ3n) is 7.56. The predicted octanol–water partition coefficient (Wildman–Crippen LogP) is 6.84. The van der Waals surface area contributed by atoms with Gasteiger partial charge in [-0.1, -0.05) is 80.6 Å². The summed E-state index contributed by atoms with van der Waals surface area (Å²) in [5.41, 5.74) is 4.55. The summed E-state index contributed by atoms with van der Waals surface area (Å²) in [6.07, 6.45) is 1.07. The van der Waals surface area contributed by atoms with E-state index in [4.69, 9.17) is 19.2 Å². The number of hydrogen-bond acceptors (Lipinski definition) is 6. The summed E-state index contributed by atoms with van der Waals surface area (Å²) >= 11 is 0. The molecule has 2 atom stereocenters. The molecule has 5 rings (SSSR count). The summed E-state index contributed by atoms with van der Waals surface area (Å²) in [6, 6.07) is 25.1. The lowest BCUT2D eigenvalue weighted by molar-refractivity contribution is -0.148. The number of benzene rings is 3. The van der Waals surface area contributed by atoms with Crippen LogP contribution in [0.15, 0.2) is 95.1 Å². The number of Topliss-reactive ketones (excluding diaryl/α,β-unsaturated/α-hetero) is 1. The minimum absolute atomic E-state index is 0.0248. The van der Waals surface area contributed by atoms with Crippen LogP contribution < -0.4 is 9.47 Å². The number of nitrogens with zero attached hydrogens (tertiary/aromatic N) is 1. The highest BCUT2D eigenvalue weighted by Crippen LogP contribution is 2.49. The monoisotopic (exact) mass is 537 g/mol. The van der Waals surface area contributed by atoms with Gasteiger partial charge in [-0.2, -0.15) is 0 Å². The molecule has 40 heavy (non-hydrogen) atoms. The number of allylic oxidation sites excluding steroid dienone is 2. The van der Waals surface area contributed by atoms with Gasteiger partial charge in [-0.15, -0.1) is 0 Å². The minimum Gasteiger partial charge on any atom is -0.493 e. The van der Waals surface area contributed by atoms with Crippen LogP contribution in [-0.4, -0.2) is 24.6 Å². The maximum absolute atomic E-state index is 13.7. The van der Waals surface area contributed by atoms with Gasteiger partial charge in [-0.05, 0) is 47.6 Å². The number of esters is 1. The molecule has 0 fully saturated rings. The Morgan fingerprint density at radius 1 is 0.900 bits per heavy atom. The van der Waals surface area contributed by atoms with Crippen molar-refractivity contribution in [2.45, 2.75) is 52.7 Å². The Bertz CT molecular complexity index is 1460. The maximum Gasteiger partial charge on any atom is 0.315 e. The topological polar surface area (TPSA) is 74.2 Å². The summed E-state index contributed by atoms with van der Waals surface area (Å²) in [4.78, 5) is 32.1. The lowest BCUT2D eigenvalue weighted by atomic mass is 9.67. The van der Waals surface area contributed by atoms with Crippen molar-refractivity contribution in [2.75, 3.05) is 7.11 Å². The van der Waals surface area contributed by atoms with Crippen LogP contribution in [0.25, 0.3) is 0 Å². The van der Waals surface area contributed by atoms with Crippen molar-refractivity contribution in [3.63, 3.8) is 0 Å². The van der Waals surface area contributed by atoms with Gasteiger partial charge in [0.25, 0.3) is 0 Å². The van der Waals surface area contributed by atoms with Crippen molar-refractivity contribution in [1.82, 2.24) is 0 Å². The van der Waals surface area contributed by atoms with Crippen LogP contribution in [0.3, 0.4) is 0 Å². The van der Waals surface area contributed by atoms with Crippen molar-refractivity contribution in [1.29, 1.82) is 0 Å². The number of ketones is 1. The summed E-state index contributed by atoms with van der Waals surface area (Å²) < 4.78 is 17.6. The molecule has 1 aliphatic heterocycles. The Kier molecular flexibility index (Phi) is 7.88. The first-order valence-electron chi connectivity index (χ1n) is 13.6. The average Bonchev–Trinajstić information content (AvgIpc) is 2.94. The Labute approximate surface area is 235 Å². The fourth-order valence-corrected chi connectivity index (χ4v) is 5.66. The Hall–Kier alpha value is -4.19. The molecular formula is C34H35NO5. The van der Waals surface area contributed by atoms with E-state index in [2.05, 4.69) is 13.8 Å². The number of hydrogen-bond donors (Lipinski definition) is 0. The largest absolute Gasteiger partial charge is 0.493 e. The highest BCUT2D eigenvalue weighted by Gasteiger charge is 2.46. The van der Waals surface area contributed by atoms with Crippen LogP contribution in [0.4, 0.5) is 0 Å². The summed E-state index contributed by atoms with van der Waals surface area (Å²) in [5, 5.41) is 0. The molecule has 0 saturated heterocycles. The molecule has 0 aromatic heterocycles. The van der Waals surface area contributed by atoms with Gasteiger partial charge in [0.2, 0.25) is 0 Å². The van der Waals surface area contributed by atoms with Crippen molar-refractivity contribution in [3.8, 4) is 11.5 Å². The van der Waals surface area contributed by atoms with Gasteiger partial charge in [0, 0.05) is 29.3 Å². The number of carbonyl (C=O) groups is 2. The van der Waals surface area contributed by atoms with Crippen molar-refractivity contribution in [3.05, 3.63) is 107 Å². The van der Waals surface area contributed by atoms with Gasteiger partial charge in [0.15, 0.2) is 17.3 Å². The first-order chi connectivity index (χ1) is 19.3. The molecule has 0 radical (unpaired) electrons. The second-order valence-electron chi connectivity index (χ2n) is 11.3. The molecule has 1 heterocycles. The smallest absolute Gasteiger partial charge is 0.315 e. The minimum atomic E-state index is -0.728. The standard InChI is InChI=1S/C34H35NO5/c1-22-30(33(37)40-21-24-13-9-6-10-14-24)31(32-26(35-22)18-34(2,3)19-27(32)36)25-15-16-28(29(17-25)38-4)39-20-23-11-7-5-8-12-23/h5-17,30-31H,18-21H2,1-4H3/t30?,31-/m0/s1. The molecule has 0 bridgehead atoms. The molecule has 0 N–H and O–H groups in total. The van der Waals surface area contributed by atoms with E-state index < -0.39 is 17.8 Å². The second kappa shape index (κ2) is 11.5. The first-order valence-corrected chi connectivity index (χ1v) is 13.6. The fraction of sp³-hybridized carbons (Fsp3) is 0.324. The molecule has 0 amide bonds. The third kappa shape index (κ3) is 5.86. The fourth-order valence-electron chi connectivity index (χ4n) is 5.66. The molecule has 3 aromatic rings. The molecule has 2 aliphatic rings. The van der Waals surface area contributed by atoms with Gasteiger partial charge in [0.1, 0.15) is 19.1 Å². The van der Waals surface area contributed by atoms with Crippen LogP contribution in [0.2, 0.25) is 0 Å². The maximum atomic E-state index is 13.7. The highest BCUT2D eigenvalue weighted by atomic mass is 16.5. The number of ether oxygens (including phenoxy) is 3. The van der Waals surface area contributed by atoms with Gasteiger partial charge in [-0.25, -0.2) is 0 Å². The second-order valence-corrected chi connectivity index (χ2v) is 11.3. The van der Waals surface area contributed by atoms with Gasteiger partial charge < -0.3 is 14.2 Å². The molecule has 206 valence electrons. The zero-order chi connectivity index (χ0) is 28.3. The van der Waals surface area contributed by atoms with Crippen LogP contribution in [0.1, 0.15) is 56.2 Å². The quantitative estimate of drug-likeness (QED) is 0.294. The highest BCUT2D eigenvalue weighted by molar-refractivity contribution is 6.09. The van der Waals surface area contributed by atoms with Gasteiger partial charge >= 0.3 is 5.97 Å². The van der Waals surface area contributed by atoms with E-state index in [0.29, 0.717) is 42.2 Å². The van der Waals surface area contributed by atoms with Crippen LogP contribution in [-0.2, 0) is 27.5 Å².